The first kappa shape index (κ1) is 24.9. The molecule has 0 radical (unpaired) electrons. The van der Waals surface area contributed by atoms with Crippen LogP contribution in [-0.2, 0) is 10.0 Å². The molecular formula is C24H29N5O4SSi. The zero-order valence-electron chi connectivity index (χ0n) is 20.5. The number of rotatable bonds is 4. The number of hydrogen-bond donors (Lipinski definition) is 2. The second-order valence-electron chi connectivity index (χ2n) is 9.73. The van der Waals surface area contributed by atoms with Crippen LogP contribution in [0.4, 0.5) is 10.5 Å². The summed E-state index contributed by atoms with van der Waals surface area (Å²) in [6.07, 6.45) is 3.80. The van der Waals surface area contributed by atoms with E-state index in [1.165, 1.54) is 19.4 Å². The Kier molecular flexibility index (Phi) is 6.48. The highest BCUT2D eigenvalue weighted by Crippen LogP contribution is 2.33. The Hall–Kier alpha value is -3.20. The Morgan fingerprint density at radius 1 is 1.26 bits per heavy atom. The van der Waals surface area contributed by atoms with E-state index in [1.807, 2.05) is 6.07 Å². The lowest BCUT2D eigenvalue weighted by molar-refractivity contribution is 0.197. The predicted molar refractivity (Wildman–Crippen MR) is 139 cm³/mol. The first-order valence-electron chi connectivity index (χ1n) is 11.4. The number of sulfonamides is 1. The van der Waals surface area contributed by atoms with Crippen LogP contribution in [0, 0.1) is 11.5 Å². The number of nitrogens with one attached hydrogen (secondary N) is 1. The van der Waals surface area contributed by atoms with Gasteiger partial charge in [-0.15, -0.1) is 5.54 Å². The third-order valence-corrected chi connectivity index (χ3v) is 8.19. The molecule has 1 aliphatic heterocycles. The van der Waals surface area contributed by atoms with E-state index in [4.69, 9.17) is 4.98 Å². The van der Waals surface area contributed by atoms with Crippen LogP contribution in [0.25, 0.3) is 22.4 Å². The van der Waals surface area contributed by atoms with E-state index in [2.05, 4.69) is 52.6 Å². The Morgan fingerprint density at radius 3 is 2.60 bits per heavy atom. The average molecular weight is 512 g/mol. The van der Waals surface area contributed by atoms with Gasteiger partial charge in [-0.2, -0.15) is 0 Å². The number of nitrogens with zero attached hydrogens (tertiary/aromatic N) is 4. The number of carbonyl (C=O) groups is 1. The molecule has 0 amide bonds. The lowest BCUT2D eigenvalue weighted by Gasteiger charge is -2.25. The van der Waals surface area contributed by atoms with E-state index in [0.717, 1.165) is 29.6 Å². The second-order valence-corrected chi connectivity index (χ2v) is 16.4. The van der Waals surface area contributed by atoms with E-state index in [1.54, 1.807) is 12.1 Å². The molecule has 0 saturated carbocycles. The molecule has 0 aliphatic carbocycles. The van der Waals surface area contributed by atoms with Gasteiger partial charge in [0.25, 0.3) is 0 Å². The van der Waals surface area contributed by atoms with E-state index >= 15 is 0 Å². The number of fused-ring (bicyclic) bond motifs is 1. The third-order valence-electron chi connectivity index (χ3n) is 5.92. The Labute approximate surface area is 206 Å². The zero-order valence-corrected chi connectivity index (χ0v) is 22.3. The van der Waals surface area contributed by atoms with Gasteiger partial charge in [0.05, 0.1) is 22.3 Å². The second kappa shape index (κ2) is 9.11. The van der Waals surface area contributed by atoms with E-state index in [-0.39, 0.29) is 16.6 Å². The largest absolute Gasteiger partial charge is 0.464 e. The Morgan fingerprint density at radius 2 is 2.00 bits per heavy atom. The molecule has 3 heterocycles. The van der Waals surface area contributed by atoms with Gasteiger partial charge in [-0.25, -0.2) is 32.5 Å². The quantitative estimate of drug-likeness (QED) is 0.405. The fourth-order valence-corrected chi connectivity index (χ4v) is 5.41. The molecule has 184 valence electrons. The molecule has 0 unspecified atom stereocenters. The maximum absolute atomic E-state index is 12.7. The number of aromatic nitrogens is 3. The standard InChI is InChI=1S/C24H29N5O4SSi/c1-16-7-6-9-28(16)19-11-18(12-20(13-19)34(32,33)25-2)21-14-26-23-22(27-21)17(8-10-35(3,4)5)15-29(23)24(30)31/h11-16,25H,6-7,9H2,1-5H3,(H,30,31)/t16-/m1/s1. The molecule has 1 saturated heterocycles. The van der Waals surface area contributed by atoms with Crippen LogP contribution >= 0.6 is 0 Å². The normalized spacial score (nSPS) is 16.4. The molecule has 1 aliphatic rings. The summed E-state index contributed by atoms with van der Waals surface area (Å²) < 4.78 is 28.8. The van der Waals surface area contributed by atoms with Gasteiger partial charge in [0.2, 0.25) is 10.0 Å². The topological polar surface area (TPSA) is 117 Å². The van der Waals surface area contributed by atoms with Crippen LogP contribution < -0.4 is 9.62 Å². The number of benzene rings is 1. The van der Waals surface area contributed by atoms with E-state index < -0.39 is 24.2 Å². The molecule has 1 aromatic carbocycles. The van der Waals surface area contributed by atoms with Crippen LogP contribution in [0.2, 0.25) is 19.6 Å². The van der Waals surface area contributed by atoms with Crippen molar-refractivity contribution >= 4 is 41.0 Å². The van der Waals surface area contributed by atoms with Crippen molar-refractivity contribution in [3.63, 3.8) is 0 Å². The van der Waals surface area contributed by atoms with Crippen LogP contribution in [0.3, 0.4) is 0 Å². The SMILES string of the molecule is CNS(=O)(=O)c1cc(-c2cnc3c(n2)c(C#C[Si](C)(C)C)cn3C(=O)O)cc(N2CCC[C@H]2C)c1. The van der Waals surface area contributed by atoms with Crippen LogP contribution in [0.15, 0.2) is 35.5 Å². The van der Waals surface area contributed by atoms with Gasteiger partial charge in [-0.3, -0.25) is 0 Å². The van der Waals surface area contributed by atoms with Crippen molar-refractivity contribution in [2.24, 2.45) is 0 Å². The molecule has 0 spiro atoms. The van der Waals surface area contributed by atoms with Gasteiger partial charge in [-0.1, -0.05) is 25.6 Å². The van der Waals surface area contributed by atoms with Crippen molar-refractivity contribution in [3.05, 3.63) is 36.2 Å². The predicted octanol–water partition coefficient (Wildman–Crippen LogP) is 3.75. The van der Waals surface area contributed by atoms with Crippen molar-refractivity contribution in [1.82, 2.24) is 19.3 Å². The van der Waals surface area contributed by atoms with Gasteiger partial charge >= 0.3 is 6.09 Å². The van der Waals surface area contributed by atoms with Crippen molar-refractivity contribution in [3.8, 4) is 22.7 Å². The average Bonchev–Trinajstić information content (AvgIpc) is 3.40. The highest BCUT2D eigenvalue weighted by molar-refractivity contribution is 7.89. The summed E-state index contributed by atoms with van der Waals surface area (Å²) in [5.74, 6) is 3.10. The monoisotopic (exact) mass is 511 g/mol. The molecule has 11 heteroatoms. The zero-order chi connectivity index (χ0) is 25.5. The maximum atomic E-state index is 12.7. The lowest BCUT2D eigenvalue weighted by Crippen LogP contribution is -2.27. The summed E-state index contributed by atoms with van der Waals surface area (Å²) in [7, 11) is -4.06. The first-order chi connectivity index (χ1) is 16.4. The number of hydrogen-bond acceptors (Lipinski definition) is 6. The van der Waals surface area contributed by atoms with Gasteiger partial charge in [0.1, 0.15) is 13.6 Å². The molecule has 4 rings (SSSR count). The Balaban J connectivity index is 1.93. The summed E-state index contributed by atoms with van der Waals surface area (Å²) in [6.45, 7) is 9.26. The van der Waals surface area contributed by atoms with Crippen LogP contribution in [-0.4, -0.2) is 61.9 Å². The summed E-state index contributed by atoms with van der Waals surface area (Å²) in [6, 6.07) is 5.44. The van der Waals surface area contributed by atoms with Crippen molar-refractivity contribution in [2.45, 2.75) is 50.3 Å². The fourth-order valence-electron chi connectivity index (χ4n) is 4.11. The number of carboxylic acid groups (broad SMARTS) is 1. The van der Waals surface area contributed by atoms with Crippen molar-refractivity contribution in [2.75, 3.05) is 18.5 Å². The number of anilines is 1. The maximum Gasteiger partial charge on any atom is 0.417 e. The highest BCUT2D eigenvalue weighted by Gasteiger charge is 2.24. The molecular weight excluding hydrogens is 482 g/mol. The summed E-state index contributed by atoms with van der Waals surface area (Å²) in [4.78, 5) is 23.2. The molecule has 9 nitrogen and oxygen atoms in total. The summed E-state index contributed by atoms with van der Waals surface area (Å²) in [5.41, 5.74) is 6.11. The molecule has 0 bridgehead atoms. The highest BCUT2D eigenvalue weighted by atomic mass is 32.2. The third kappa shape index (κ3) is 5.10. The van der Waals surface area contributed by atoms with Crippen LogP contribution in [0.5, 0.6) is 0 Å². The minimum atomic E-state index is -3.71. The molecule has 2 N–H and O–H groups in total. The van der Waals surface area contributed by atoms with Gasteiger partial charge < -0.3 is 10.0 Å². The minimum absolute atomic E-state index is 0.135. The Bertz CT molecular complexity index is 1480. The molecule has 2 aromatic heterocycles. The molecule has 35 heavy (non-hydrogen) atoms. The van der Waals surface area contributed by atoms with Gasteiger partial charge in [0, 0.05) is 30.0 Å². The van der Waals surface area contributed by atoms with Crippen molar-refractivity contribution < 1.29 is 18.3 Å². The van der Waals surface area contributed by atoms with Crippen molar-refractivity contribution in [1.29, 1.82) is 0 Å². The summed E-state index contributed by atoms with van der Waals surface area (Å²) in [5, 5.41) is 9.62. The molecule has 1 fully saturated rings. The van der Waals surface area contributed by atoms with Gasteiger partial charge in [0.15, 0.2) is 5.65 Å². The smallest absolute Gasteiger partial charge is 0.417 e. The van der Waals surface area contributed by atoms with Gasteiger partial charge in [-0.05, 0) is 45.0 Å². The fraction of sp³-hybridized carbons (Fsp3) is 0.375. The lowest BCUT2D eigenvalue weighted by atomic mass is 10.1. The molecule has 1 atom stereocenters. The molecule has 3 aromatic rings. The van der Waals surface area contributed by atoms with E-state index in [9.17, 15) is 18.3 Å². The van der Waals surface area contributed by atoms with E-state index in [0.29, 0.717) is 22.3 Å². The van der Waals surface area contributed by atoms with Crippen LogP contribution in [0.1, 0.15) is 25.3 Å². The summed E-state index contributed by atoms with van der Waals surface area (Å²) >= 11 is 0. The minimum Gasteiger partial charge on any atom is -0.464 e. The first-order valence-corrected chi connectivity index (χ1v) is 16.4.